The Morgan fingerprint density at radius 2 is 1.85 bits per heavy atom. The van der Waals surface area contributed by atoms with Gasteiger partial charge in [-0.15, -0.1) is 0 Å². The SMILES string of the molecule is CCC(=O)N1CC(=O)c2c([nH]c(-c3ccncc3)c2Cc2ccccc2)C1. The number of pyridine rings is 1. The van der Waals surface area contributed by atoms with Crippen LogP contribution in [-0.2, 0) is 17.8 Å². The lowest BCUT2D eigenvalue weighted by Gasteiger charge is -2.26. The molecule has 5 heteroatoms. The molecule has 0 unspecified atom stereocenters. The number of carbonyl (C=O) groups excluding carboxylic acids is 2. The summed E-state index contributed by atoms with van der Waals surface area (Å²) in [6, 6.07) is 14.0. The molecule has 3 aromatic rings. The minimum absolute atomic E-state index is 0.000497. The van der Waals surface area contributed by atoms with Gasteiger partial charge in [-0.2, -0.15) is 0 Å². The van der Waals surface area contributed by atoms with Crippen molar-refractivity contribution in [3.05, 3.63) is 77.2 Å². The van der Waals surface area contributed by atoms with Gasteiger partial charge in [-0.3, -0.25) is 14.6 Å². The molecule has 0 saturated carbocycles. The van der Waals surface area contributed by atoms with E-state index in [-0.39, 0.29) is 18.2 Å². The number of Topliss-reactive ketones (excluding diaryl/α,β-unsaturated/α-hetero) is 1. The van der Waals surface area contributed by atoms with Crippen LogP contribution < -0.4 is 0 Å². The Morgan fingerprint density at radius 3 is 2.56 bits per heavy atom. The van der Waals surface area contributed by atoms with Crippen LogP contribution in [0.25, 0.3) is 11.3 Å². The van der Waals surface area contributed by atoms with E-state index < -0.39 is 0 Å². The molecule has 1 amide bonds. The highest BCUT2D eigenvalue weighted by Gasteiger charge is 2.31. The van der Waals surface area contributed by atoms with Crippen molar-refractivity contribution in [2.75, 3.05) is 6.54 Å². The third-order valence-electron chi connectivity index (χ3n) is 4.99. The highest BCUT2D eigenvalue weighted by atomic mass is 16.2. The lowest BCUT2D eigenvalue weighted by molar-refractivity contribution is -0.131. The second kappa shape index (κ2) is 7.19. The second-order valence-corrected chi connectivity index (χ2v) is 6.76. The number of H-pyrrole nitrogens is 1. The quantitative estimate of drug-likeness (QED) is 0.774. The number of amides is 1. The predicted octanol–water partition coefficient (Wildman–Crippen LogP) is 3.60. The number of aromatic amines is 1. The van der Waals surface area contributed by atoms with Gasteiger partial charge in [0.1, 0.15) is 0 Å². The zero-order chi connectivity index (χ0) is 18.8. The van der Waals surface area contributed by atoms with Gasteiger partial charge in [-0.1, -0.05) is 37.3 Å². The molecule has 1 aromatic carbocycles. The summed E-state index contributed by atoms with van der Waals surface area (Å²) >= 11 is 0. The van der Waals surface area contributed by atoms with E-state index in [9.17, 15) is 9.59 Å². The minimum Gasteiger partial charge on any atom is -0.356 e. The van der Waals surface area contributed by atoms with E-state index in [1.165, 1.54) is 0 Å². The number of ketones is 1. The fourth-order valence-corrected chi connectivity index (χ4v) is 3.69. The zero-order valence-corrected chi connectivity index (χ0v) is 15.2. The van der Waals surface area contributed by atoms with E-state index in [0.29, 0.717) is 19.4 Å². The minimum atomic E-state index is -0.00123. The van der Waals surface area contributed by atoms with E-state index in [2.05, 4.69) is 22.1 Å². The van der Waals surface area contributed by atoms with Crippen LogP contribution in [0.5, 0.6) is 0 Å². The first-order valence-electron chi connectivity index (χ1n) is 9.16. The molecule has 1 N–H and O–H groups in total. The summed E-state index contributed by atoms with van der Waals surface area (Å²) in [5, 5.41) is 0. The summed E-state index contributed by atoms with van der Waals surface area (Å²) < 4.78 is 0. The van der Waals surface area contributed by atoms with Gasteiger partial charge in [-0.25, -0.2) is 0 Å². The number of nitrogens with one attached hydrogen (secondary N) is 1. The van der Waals surface area contributed by atoms with Gasteiger partial charge in [0.2, 0.25) is 5.91 Å². The molecular weight excluding hydrogens is 338 g/mol. The number of nitrogens with zero attached hydrogens (tertiary/aromatic N) is 2. The lowest BCUT2D eigenvalue weighted by Crippen LogP contribution is -2.39. The van der Waals surface area contributed by atoms with E-state index in [4.69, 9.17) is 0 Å². The number of hydrogen-bond acceptors (Lipinski definition) is 3. The largest absolute Gasteiger partial charge is 0.356 e. The third kappa shape index (κ3) is 3.28. The molecule has 2 aromatic heterocycles. The molecule has 0 radical (unpaired) electrons. The summed E-state index contributed by atoms with van der Waals surface area (Å²) in [7, 11) is 0. The number of fused-ring (bicyclic) bond motifs is 1. The highest BCUT2D eigenvalue weighted by molar-refractivity contribution is 6.04. The third-order valence-corrected chi connectivity index (χ3v) is 4.99. The molecule has 3 heterocycles. The number of hydrogen-bond donors (Lipinski definition) is 1. The van der Waals surface area contributed by atoms with Crippen molar-refractivity contribution >= 4 is 11.7 Å². The number of carbonyl (C=O) groups is 2. The molecule has 1 aliphatic rings. The number of benzene rings is 1. The molecule has 0 aliphatic carbocycles. The topological polar surface area (TPSA) is 66.1 Å². The first-order chi connectivity index (χ1) is 13.2. The van der Waals surface area contributed by atoms with Crippen LogP contribution in [0.1, 0.15) is 40.5 Å². The van der Waals surface area contributed by atoms with E-state index in [0.717, 1.165) is 33.6 Å². The van der Waals surface area contributed by atoms with Gasteiger partial charge < -0.3 is 9.88 Å². The van der Waals surface area contributed by atoms with Crippen LogP contribution in [0.3, 0.4) is 0 Å². The molecular formula is C22H21N3O2. The number of aromatic nitrogens is 2. The Labute approximate surface area is 158 Å². The smallest absolute Gasteiger partial charge is 0.223 e. The lowest BCUT2D eigenvalue weighted by atomic mass is 9.93. The average molecular weight is 359 g/mol. The maximum absolute atomic E-state index is 12.9. The Kier molecular flexibility index (Phi) is 4.59. The number of rotatable bonds is 4. The molecule has 1 aliphatic heterocycles. The fourth-order valence-electron chi connectivity index (χ4n) is 3.69. The molecule has 0 spiro atoms. The van der Waals surface area contributed by atoms with Gasteiger partial charge in [0.05, 0.1) is 18.8 Å². The monoisotopic (exact) mass is 359 g/mol. The van der Waals surface area contributed by atoms with Gasteiger partial charge in [-0.05, 0) is 23.3 Å². The summed E-state index contributed by atoms with van der Waals surface area (Å²) in [5.74, 6) is -0.000734. The molecule has 27 heavy (non-hydrogen) atoms. The molecule has 136 valence electrons. The standard InChI is InChI=1S/C22H21N3O2/c1-2-20(27)25-13-18-21(19(26)14-25)17(12-15-6-4-3-5-7-15)22(24-18)16-8-10-23-11-9-16/h3-11,24H,2,12-14H2,1H3. The Hall–Kier alpha value is -3.21. The fraction of sp³-hybridized carbons (Fsp3) is 0.227. The highest BCUT2D eigenvalue weighted by Crippen LogP contribution is 2.33. The maximum atomic E-state index is 12.9. The van der Waals surface area contributed by atoms with E-state index in [1.54, 1.807) is 17.3 Å². The Morgan fingerprint density at radius 1 is 1.11 bits per heavy atom. The van der Waals surface area contributed by atoms with Crippen molar-refractivity contribution in [2.24, 2.45) is 0 Å². The van der Waals surface area contributed by atoms with Crippen LogP contribution in [0, 0.1) is 0 Å². The molecule has 0 bridgehead atoms. The van der Waals surface area contributed by atoms with Crippen molar-refractivity contribution in [3.63, 3.8) is 0 Å². The molecule has 4 rings (SSSR count). The predicted molar refractivity (Wildman–Crippen MR) is 103 cm³/mol. The van der Waals surface area contributed by atoms with Crippen LogP contribution in [0.15, 0.2) is 54.9 Å². The Balaban J connectivity index is 1.82. The molecule has 0 saturated heterocycles. The van der Waals surface area contributed by atoms with Crippen molar-refractivity contribution < 1.29 is 9.59 Å². The van der Waals surface area contributed by atoms with Crippen molar-refractivity contribution in [1.82, 2.24) is 14.9 Å². The molecule has 0 fully saturated rings. The first-order valence-corrected chi connectivity index (χ1v) is 9.16. The molecule has 0 atom stereocenters. The van der Waals surface area contributed by atoms with E-state index in [1.807, 2.05) is 37.3 Å². The Bertz CT molecular complexity index is 978. The summed E-state index contributed by atoms with van der Waals surface area (Å²) in [6.07, 6.45) is 4.56. The van der Waals surface area contributed by atoms with E-state index >= 15 is 0 Å². The van der Waals surface area contributed by atoms with Gasteiger partial charge in [0.25, 0.3) is 0 Å². The van der Waals surface area contributed by atoms with Gasteiger partial charge in [0.15, 0.2) is 5.78 Å². The summed E-state index contributed by atoms with van der Waals surface area (Å²) in [6.45, 7) is 2.41. The van der Waals surface area contributed by atoms with Crippen LogP contribution in [0.2, 0.25) is 0 Å². The van der Waals surface area contributed by atoms with Crippen molar-refractivity contribution in [3.8, 4) is 11.3 Å². The van der Waals surface area contributed by atoms with Gasteiger partial charge >= 0.3 is 0 Å². The van der Waals surface area contributed by atoms with Crippen molar-refractivity contribution in [1.29, 1.82) is 0 Å². The second-order valence-electron chi connectivity index (χ2n) is 6.76. The summed E-state index contributed by atoms with van der Waals surface area (Å²) in [4.78, 5) is 34.2. The van der Waals surface area contributed by atoms with Crippen LogP contribution >= 0.6 is 0 Å². The first kappa shape index (κ1) is 17.2. The maximum Gasteiger partial charge on any atom is 0.223 e. The zero-order valence-electron chi connectivity index (χ0n) is 15.2. The van der Waals surface area contributed by atoms with Crippen LogP contribution in [0.4, 0.5) is 0 Å². The summed E-state index contributed by atoms with van der Waals surface area (Å²) in [5.41, 5.74) is 5.64. The van der Waals surface area contributed by atoms with Crippen LogP contribution in [-0.4, -0.2) is 33.1 Å². The van der Waals surface area contributed by atoms with Crippen molar-refractivity contribution in [2.45, 2.75) is 26.3 Å². The van der Waals surface area contributed by atoms with Gasteiger partial charge in [0, 0.05) is 42.1 Å². The average Bonchev–Trinajstić information content (AvgIpc) is 3.07. The molecule has 5 nitrogen and oxygen atoms in total. The normalized spacial score (nSPS) is 13.5.